The number of halogens is 4. The van der Waals surface area contributed by atoms with Gasteiger partial charge < -0.3 is 11.1 Å². The Bertz CT molecular complexity index is 368. The second-order valence-corrected chi connectivity index (χ2v) is 4.89. The van der Waals surface area contributed by atoms with Gasteiger partial charge in [0, 0.05) is 18.6 Å². The predicted octanol–water partition coefficient (Wildman–Crippen LogP) is 3.40. The molecule has 0 radical (unpaired) electrons. The summed E-state index contributed by atoms with van der Waals surface area (Å²) in [5, 5.41) is 3.07. The van der Waals surface area contributed by atoms with E-state index in [2.05, 4.69) is 5.32 Å². The van der Waals surface area contributed by atoms with E-state index >= 15 is 0 Å². The van der Waals surface area contributed by atoms with Crippen molar-refractivity contribution in [3.63, 3.8) is 0 Å². The molecule has 23 heavy (non-hydrogen) atoms. The molecule has 2 unspecified atom stereocenters. The normalized spacial score (nSPS) is 11.6. The zero-order chi connectivity index (χ0) is 17.4. The molecule has 0 aliphatic heterocycles. The third-order valence-corrected chi connectivity index (χ3v) is 2.16. The molecule has 1 aromatic carbocycles. The molecule has 0 saturated heterocycles. The number of benzene rings is 1. The van der Waals surface area contributed by atoms with Crippen molar-refractivity contribution in [1.82, 2.24) is 5.32 Å². The van der Waals surface area contributed by atoms with Crippen LogP contribution >= 0.6 is 12.4 Å². The zero-order valence-corrected chi connectivity index (χ0v) is 14.7. The highest BCUT2D eigenvalue weighted by atomic mass is 35.5. The lowest BCUT2D eigenvalue weighted by Crippen LogP contribution is -2.26. The largest absolute Gasteiger partial charge is 0.326 e. The highest BCUT2D eigenvalue weighted by Crippen LogP contribution is 1.97. The first-order valence-corrected chi connectivity index (χ1v) is 7.07. The van der Waals surface area contributed by atoms with Crippen molar-refractivity contribution < 1.29 is 18.0 Å². The minimum absolute atomic E-state index is 0. The molecule has 136 valence electrons. The molecule has 3 nitrogen and oxygen atoms in total. The molecule has 3 N–H and O–H groups in total. The van der Waals surface area contributed by atoms with Crippen LogP contribution in [0.15, 0.2) is 30.3 Å². The van der Waals surface area contributed by atoms with Gasteiger partial charge in [-0.25, -0.2) is 13.2 Å². The molecular weight excluding hydrogens is 329 g/mol. The van der Waals surface area contributed by atoms with Gasteiger partial charge in [-0.05, 0) is 26.3 Å². The van der Waals surface area contributed by atoms with Crippen LogP contribution in [0.1, 0.15) is 26.3 Å². The standard InChI is InChI=1S/C10H14FN.C3H8FN.C3H5FO.ClH/c1-9(7-11)12-8-10-5-3-2-4-6-10;2*1-3(5)2-4;/h2-6,9,12H,7-8H2,1H3;3H,2,5H2,1H3;2H2,1H3;1H. The molecule has 0 saturated carbocycles. The van der Waals surface area contributed by atoms with E-state index in [1.165, 1.54) is 12.5 Å². The summed E-state index contributed by atoms with van der Waals surface area (Å²) in [6.45, 7) is 3.85. The van der Waals surface area contributed by atoms with Gasteiger partial charge in [0.25, 0.3) is 0 Å². The van der Waals surface area contributed by atoms with Crippen molar-refractivity contribution in [3.8, 4) is 0 Å². The second-order valence-electron chi connectivity index (χ2n) is 4.89. The summed E-state index contributed by atoms with van der Waals surface area (Å²) in [7, 11) is 0. The van der Waals surface area contributed by atoms with E-state index in [9.17, 15) is 18.0 Å². The van der Waals surface area contributed by atoms with E-state index in [0.29, 0.717) is 0 Å². The molecule has 0 aliphatic carbocycles. The molecular formula is C16H28ClF3N2O. The average Bonchev–Trinajstić information content (AvgIpc) is 2.54. The van der Waals surface area contributed by atoms with Gasteiger partial charge in [0.05, 0.1) is 0 Å². The van der Waals surface area contributed by atoms with Crippen LogP contribution < -0.4 is 11.1 Å². The van der Waals surface area contributed by atoms with Gasteiger partial charge in [-0.3, -0.25) is 4.79 Å². The van der Waals surface area contributed by atoms with Crippen molar-refractivity contribution in [2.24, 2.45) is 5.73 Å². The fourth-order valence-corrected chi connectivity index (χ4v) is 0.942. The summed E-state index contributed by atoms with van der Waals surface area (Å²) in [6, 6.07) is 9.66. The average molecular weight is 357 g/mol. The molecule has 0 amide bonds. The monoisotopic (exact) mass is 356 g/mol. The third kappa shape index (κ3) is 23.3. The Balaban J connectivity index is -0.000000307. The first kappa shape index (κ1) is 26.8. The highest BCUT2D eigenvalue weighted by molar-refractivity contribution is 5.85. The first-order chi connectivity index (χ1) is 10.4. The van der Waals surface area contributed by atoms with Crippen molar-refractivity contribution in [3.05, 3.63) is 35.9 Å². The van der Waals surface area contributed by atoms with E-state index in [0.717, 1.165) is 6.54 Å². The molecule has 0 aromatic heterocycles. The number of rotatable bonds is 6. The van der Waals surface area contributed by atoms with Crippen LogP contribution in [0, 0.1) is 0 Å². The fourth-order valence-electron chi connectivity index (χ4n) is 0.942. The number of carbonyl (C=O) groups is 1. The summed E-state index contributed by atoms with van der Waals surface area (Å²) in [5.41, 5.74) is 6.11. The van der Waals surface area contributed by atoms with Gasteiger partial charge in [0.15, 0.2) is 5.78 Å². The number of Topliss-reactive ketones (excluding diaryl/α,β-unsaturated/α-hetero) is 1. The minimum atomic E-state index is -0.833. The Morgan fingerprint density at radius 2 is 1.57 bits per heavy atom. The lowest BCUT2D eigenvalue weighted by molar-refractivity contribution is -0.117. The maximum absolute atomic E-state index is 12.0. The summed E-state index contributed by atoms with van der Waals surface area (Å²) < 4.78 is 33.8. The van der Waals surface area contributed by atoms with Crippen LogP contribution in [0.25, 0.3) is 0 Å². The SMILES string of the molecule is CC(=O)CF.CC(CF)NCc1ccccc1.CC(N)CF.Cl. The van der Waals surface area contributed by atoms with Crippen molar-refractivity contribution in [2.45, 2.75) is 39.4 Å². The summed E-state index contributed by atoms with van der Waals surface area (Å²) in [6.07, 6.45) is 0. The number of hydrogen-bond donors (Lipinski definition) is 2. The molecule has 0 heterocycles. The summed E-state index contributed by atoms with van der Waals surface area (Å²) in [5.74, 6) is -0.412. The highest BCUT2D eigenvalue weighted by Gasteiger charge is 1.98. The van der Waals surface area contributed by atoms with Gasteiger partial charge in [-0.15, -0.1) is 12.4 Å². The Kier molecular flexibility index (Phi) is 22.0. The van der Waals surface area contributed by atoms with Crippen LogP contribution in [-0.4, -0.2) is 37.9 Å². The molecule has 1 aromatic rings. The van der Waals surface area contributed by atoms with Crippen LogP contribution in [0.4, 0.5) is 13.2 Å². The molecule has 1 rings (SSSR count). The van der Waals surface area contributed by atoms with Crippen LogP contribution in [0.3, 0.4) is 0 Å². The molecule has 0 aliphatic rings. The minimum Gasteiger partial charge on any atom is -0.326 e. The van der Waals surface area contributed by atoms with Crippen molar-refractivity contribution in [2.75, 3.05) is 20.0 Å². The fraction of sp³-hybridized carbons (Fsp3) is 0.562. The van der Waals surface area contributed by atoms with Crippen molar-refractivity contribution >= 4 is 18.2 Å². The Morgan fingerprint density at radius 3 is 1.87 bits per heavy atom. The zero-order valence-electron chi connectivity index (χ0n) is 13.9. The number of hydrogen-bond acceptors (Lipinski definition) is 3. The van der Waals surface area contributed by atoms with Gasteiger partial charge in [0.2, 0.25) is 0 Å². The van der Waals surface area contributed by atoms with Gasteiger partial charge in [0.1, 0.15) is 20.0 Å². The predicted molar refractivity (Wildman–Crippen MR) is 92.2 cm³/mol. The van der Waals surface area contributed by atoms with Gasteiger partial charge in [-0.1, -0.05) is 30.3 Å². The molecule has 7 heteroatoms. The maximum atomic E-state index is 12.0. The van der Waals surface area contributed by atoms with Crippen LogP contribution in [0.5, 0.6) is 0 Å². The maximum Gasteiger partial charge on any atom is 0.160 e. The Morgan fingerprint density at radius 1 is 1.13 bits per heavy atom. The molecule has 2 atom stereocenters. The number of ketones is 1. The smallest absolute Gasteiger partial charge is 0.160 e. The lowest BCUT2D eigenvalue weighted by atomic mass is 10.2. The van der Waals surface area contributed by atoms with E-state index in [-0.39, 0.29) is 31.2 Å². The van der Waals surface area contributed by atoms with Crippen molar-refractivity contribution in [1.29, 1.82) is 0 Å². The third-order valence-electron chi connectivity index (χ3n) is 2.16. The molecule has 0 bridgehead atoms. The Hall–Kier alpha value is -1.11. The van der Waals surface area contributed by atoms with E-state index in [4.69, 9.17) is 5.73 Å². The summed E-state index contributed by atoms with van der Waals surface area (Å²) in [4.78, 5) is 9.44. The number of nitrogens with two attached hydrogens (primary N) is 1. The van der Waals surface area contributed by atoms with E-state index in [1.54, 1.807) is 6.92 Å². The van der Waals surface area contributed by atoms with Gasteiger partial charge >= 0.3 is 0 Å². The van der Waals surface area contributed by atoms with Gasteiger partial charge in [-0.2, -0.15) is 0 Å². The molecule has 0 fully saturated rings. The lowest BCUT2D eigenvalue weighted by Gasteiger charge is -2.08. The first-order valence-electron chi connectivity index (χ1n) is 7.07. The van der Waals surface area contributed by atoms with E-state index in [1.807, 2.05) is 37.3 Å². The quantitative estimate of drug-likeness (QED) is 0.821. The van der Waals surface area contributed by atoms with Crippen LogP contribution in [0.2, 0.25) is 0 Å². The van der Waals surface area contributed by atoms with Crippen LogP contribution in [-0.2, 0) is 11.3 Å². The Labute approximate surface area is 143 Å². The number of alkyl halides is 3. The second kappa shape index (κ2) is 18.9. The molecule has 0 spiro atoms. The number of carbonyl (C=O) groups excluding carboxylic acids is 1. The number of nitrogens with one attached hydrogen (secondary N) is 1. The van der Waals surface area contributed by atoms with E-state index < -0.39 is 19.1 Å². The topological polar surface area (TPSA) is 55.1 Å². The summed E-state index contributed by atoms with van der Waals surface area (Å²) >= 11 is 0.